The van der Waals surface area contributed by atoms with E-state index in [-0.39, 0.29) is 10.6 Å². The van der Waals surface area contributed by atoms with Gasteiger partial charge in [-0.25, -0.2) is 18.4 Å². The lowest BCUT2D eigenvalue weighted by Crippen LogP contribution is -2.42. The molecule has 1 unspecified atom stereocenters. The van der Waals surface area contributed by atoms with Crippen molar-refractivity contribution in [1.82, 2.24) is 5.32 Å². The largest absolute Gasteiger partial charge is 0.480 e. The number of urea groups is 1. The molecule has 10 heteroatoms. The molecule has 8 nitrogen and oxygen atoms in total. The van der Waals surface area contributed by atoms with E-state index in [4.69, 9.17) is 15.6 Å². The third-order valence-electron chi connectivity index (χ3n) is 2.15. The second-order valence-corrected chi connectivity index (χ2v) is 6.17. The molecule has 20 heavy (non-hydrogen) atoms. The molecule has 5 N–H and O–H groups in total. The van der Waals surface area contributed by atoms with Crippen LogP contribution in [-0.4, -0.2) is 26.5 Å². The average Bonchev–Trinajstić information content (AvgIpc) is 2.29. The number of halogens is 1. The highest BCUT2D eigenvalue weighted by Crippen LogP contribution is 2.28. The molecule has 0 aliphatic rings. The van der Waals surface area contributed by atoms with Gasteiger partial charge in [0, 0.05) is 0 Å². The zero-order valence-electron chi connectivity index (χ0n) is 10.3. The lowest BCUT2D eigenvalue weighted by Gasteiger charge is -2.15. The van der Waals surface area contributed by atoms with Gasteiger partial charge in [0.15, 0.2) is 6.10 Å². The van der Waals surface area contributed by atoms with Crippen LogP contribution in [0.2, 0.25) is 0 Å². The Labute approximate surface area is 123 Å². The summed E-state index contributed by atoms with van der Waals surface area (Å²) in [4.78, 5) is 21.9. The summed E-state index contributed by atoms with van der Waals surface area (Å²) < 4.78 is 27.9. The normalized spacial score (nSPS) is 12.6. The van der Waals surface area contributed by atoms with Gasteiger partial charge in [0.25, 0.3) is 5.91 Å². The van der Waals surface area contributed by atoms with Crippen LogP contribution < -0.4 is 20.9 Å². The Morgan fingerprint density at radius 3 is 2.45 bits per heavy atom. The smallest absolute Gasteiger partial charge is 0.318 e. The number of rotatable bonds is 4. The number of hydrogen-bond donors (Lipinski definition) is 3. The monoisotopic (exact) mass is 365 g/mol. The molecule has 3 amide bonds. The third-order valence-corrected chi connectivity index (χ3v) is 3.68. The lowest BCUT2D eigenvalue weighted by atomic mass is 10.3. The number of nitrogens with one attached hydrogen (secondary N) is 1. The van der Waals surface area contributed by atoms with Gasteiger partial charge in [-0.15, -0.1) is 0 Å². The van der Waals surface area contributed by atoms with Gasteiger partial charge in [0.1, 0.15) is 5.75 Å². The predicted molar refractivity (Wildman–Crippen MR) is 73.3 cm³/mol. The fraction of sp³-hybridized carbons (Fsp3) is 0.200. The number of ether oxygens (including phenoxy) is 1. The number of imide groups is 1. The van der Waals surface area contributed by atoms with E-state index in [0.29, 0.717) is 4.47 Å². The van der Waals surface area contributed by atoms with Crippen molar-refractivity contribution in [3.8, 4) is 5.75 Å². The Kier molecular flexibility index (Phi) is 5.09. The Hall–Kier alpha value is -1.65. The molecule has 0 aliphatic carbocycles. The molecule has 110 valence electrons. The van der Waals surface area contributed by atoms with Crippen LogP contribution in [0.3, 0.4) is 0 Å². The highest BCUT2D eigenvalue weighted by Gasteiger charge is 2.18. The zero-order chi connectivity index (χ0) is 15.5. The fourth-order valence-corrected chi connectivity index (χ4v) is 2.38. The Morgan fingerprint density at radius 1 is 1.40 bits per heavy atom. The van der Waals surface area contributed by atoms with E-state index < -0.39 is 28.1 Å². The van der Waals surface area contributed by atoms with Crippen LogP contribution in [0.1, 0.15) is 6.92 Å². The Balaban J connectivity index is 2.89. The molecule has 0 bridgehead atoms. The number of primary amides is 1. The molecule has 0 aromatic heterocycles. The van der Waals surface area contributed by atoms with E-state index in [1.165, 1.54) is 25.1 Å². The van der Waals surface area contributed by atoms with Crippen LogP contribution in [0.15, 0.2) is 27.6 Å². The first-order chi connectivity index (χ1) is 9.11. The summed E-state index contributed by atoms with van der Waals surface area (Å²) in [7, 11) is -3.83. The van der Waals surface area contributed by atoms with Gasteiger partial charge in [-0.3, -0.25) is 10.1 Å². The number of carbonyl (C=O) groups excluding carboxylic acids is 2. The summed E-state index contributed by atoms with van der Waals surface area (Å²) >= 11 is 3.10. The minimum atomic E-state index is -3.83. The summed E-state index contributed by atoms with van der Waals surface area (Å²) in [6, 6.07) is 2.81. The number of carbonyl (C=O) groups is 2. The van der Waals surface area contributed by atoms with Crippen LogP contribution >= 0.6 is 15.9 Å². The van der Waals surface area contributed by atoms with E-state index in [1.807, 2.05) is 5.32 Å². The van der Waals surface area contributed by atoms with Gasteiger partial charge in [-0.05, 0) is 41.1 Å². The predicted octanol–water partition coefficient (Wildman–Crippen LogP) is 0.0587. The number of amides is 3. The summed E-state index contributed by atoms with van der Waals surface area (Å²) in [5.41, 5.74) is 4.81. The highest BCUT2D eigenvalue weighted by molar-refractivity contribution is 9.10. The second kappa shape index (κ2) is 6.20. The molecule has 1 aromatic carbocycles. The lowest BCUT2D eigenvalue weighted by molar-refractivity contribution is -0.126. The zero-order valence-corrected chi connectivity index (χ0v) is 12.7. The van der Waals surface area contributed by atoms with E-state index in [0.717, 1.165) is 0 Å². The first-order valence-electron chi connectivity index (χ1n) is 5.20. The minimum Gasteiger partial charge on any atom is -0.480 e. The van der Waals surface area contributed by atoms with Crippen LogP contribution in [0.5, 0.6) is 5.75 Å². The number of benzene rings is 1. The summed E-state index contributed by atoms with van der Waals surface area (Å²) in [5, 5.41) is 6.84. The van der Waals surface area contributed by atoms with Gasteiger partial charge >= 0.3 is 6.03 Å². The topological polar surface area (TPSA) is 142 Å². The first kappa shape index (κ1) is 16.4. The van der Waals surface area contributed by atoms with Crippen molar-refractivity contribution in [2.24, 2.45) is 10.9 Å². The fourth-order valence-electron chi connectivity index (χ4n) is 1.22. The maximum atomic E-state index is 11.4. The van der Waals surface area contributed by atoms with E-state index in [1.54, 1.807) is 0 Å². The molecule has 1 aromatic rings. The molecule has 0 fully saturated rings. The molecule has 0 saturated heterocycles. The molecular formula is C10H12BrN3O5S. The standard InChI is InChI=1S/C10H12BrN3O5S/c1-5(9(15)14-10(12)16)19-8-3-2-6(4-7(8)11)20(13,17)18/h2-5H,1H3,(H2,13,17,18)(H3,12,14,15,16). The highest BCUT2D eigenvalue weighted by atomic mass is 79.9. The Morgan fingerprint density at radius 2 is 2.00 bits per heavy atom. The van der Waals surface area contributed by atoms with Crippen molar-refractivity contribution in [2.75, 3.05) is 0 Å². The maximum Gasteiger partial charge on any atom is 0.318 e. The SMILES string of the molecule is CC(Oc1ccc(S(N)(=O)=O)cc1Br)C(=O)NC(N)=O. The molecule has 0 spiro atoms. The molecule has 0 heterocycles. The number of primary sulfonamides is 1. The first-order valence-corrected chi connectivity index (χ1v) is 7.54. The Bertz CT molecular complexity index is 646. The van der Waals surface area contributed by atoms with Crippen LogP contribution in [0, 0.1) is 0 Å². The van der Waals surface area contributed by atoms with Crippen LogP contribution in [0.25, 0.3) is 0 Å². The minimum absolute atomic E-state index is 0.106. The van der Waals surface area contributed by atoms with Crippen LogP contribution in [-0.2, 0) is 14.8 Å². The van der Waals surface area contributed by atoms with Crippen molar-refractivity contribution in [1.29, 1.82) is 0 Å². The van der Waals surface area contributed by atoms with Crippen molar-refractivity contribution < 1.29 is 22.7 Å². The van der Waals surface area contributed by atoms with E-state index in [2.05, 4.69) is 15.9 Å². The van der Waals surface area contributed by atoms with E-state index in [9.17, 15) is 18.0 Å². The summed E-state index contributed by atoms with van der Waals surface area (Å²) in [6.45, 7) is 1.40. The van der Waals surface area contributed by atoms with Crippen molar-refractivity contribution in [2.45, 2.75) is 17.9 Å². The van der Waals surface area contributed by atoms with Crippen molar-refractivity contribution in [3.63, 3.8) is 0 Å². The molecule has 1 atom stereocenters. The third kappa shape index (κ3) is 4.47. The van der Waals surface area contributed by atoms with Gasteiger partial charge in [-0.2, -0.15) is 0 Å². The average molecular weight is 366 g/mol. The van der Waals surface area contributed by atoms with Gasteiger partial charge < -0.3 is 10.5 Å². The molecule has 0 saturated carbocycles. The summed E-state index contributed by atoms with van der Waals surface area (Å²) in [5.74, 6) is -0.510. The molecule has 0 radical (unpaired) electrons. The van der Waals surface area contributed by atoms with Gasteiger partial charge in [-0.1, -0.05) is 0 Å². The van der Waals surface area contributed by atoms with Crippen molar-refractivity contribution in [3.05, 3.63) is 22.7 Å². The summed E-state index contributed by atoms with van der Waals surface area (Å²) in [6.07, 6.45) is -1.00. The number of sulfonamides is 1. The number of hydrogen-bond acceptors (Lipinski definition) is 5. The second-order valence-electron chi connectivity index (χ2n) is 3.75. The van der Waals surface area contributed by atoms with Crippen LogP contribution in [0.4, 0.5) is 4.79 Å². The quantitative estimate of drug-likeness (QED) is 0.691. The van der Waals surface area contributed by atoms with Crippen molar-refractivity contribution >= 4 is 37.9 Å². The maximum absolute atomic E-state index is 11.4. The molecule has 0 aliphatic heterocycles. The van der Waals surface area contributed by atoms with E-state index >= 15 is 0 Å². The van der Waals surface area contributed by atoms with Gasteiger partial charge in [0.2, 0.25) is 10.0 Å². The van der Waals surface area contributed by atoms with Gasteiger partial charge in [0.05, 0.1) is 9.37 Å². The number of nitrogens with two attached hydrogens (primary N) is 2. The molecule has 1 rings (SSSR count). The molecular weight excluding hydrogens is 354 g/mol.